The first-order chi connectivity index (χ1) is 13.0. The van der Waals surface area contributed by atoms with Gasteiger partial charge in [0.2, 0.25) is 0 Å². The molecule has 1 heterocycles. The Hall–Kier alpha value is -2.13. The van der Waals surface area contributed by atoms with Crippen molar-refractivity contribution in [1.29, 1.82) is 0 Å². The summed E-state index contributed by atoms with van der Waals surface area (Å²) >= 11 is 5.70. The maximum Gasteiger partial charge on any atom is 0.323 e. The van der Waals surface area contributed by atoms with E-state index in [2.05, 4.69) is 24.8 Å². The predicted molar refractivity (Wildman–Crippen MR) is 98.2 cm³/mol. The van der Waals surface area contributed by atoms with Crippen molar-refractivity contribution < 1.29 is 26.1 Å². The van der Waals surface area contributed by atoms with Crippen LogP contribution in [0.3, 0.4) is 0 Å². The first-order valence-electron chi connectivity index (χ1n) is 7.39. The molecule has 1 aromatic heterocycles. The van der Waals surface area contributed by atoms with Crippen molar-refractivity contribution in [3.63, 3.8) is 0 Å². The molecule has 2 rings (SSSR count). The molecule has 154 valence electrons. The highest BCUT2D eigenvalue weighted by atomic mass is 35.5. The SMILES string of the molecule is CO/N=C(\CNS(=O)(=O)c1ncn(S(=O)(=O)N(C)C)n1)c1ccc(Cl)cc1F. The molecule has 15 heteroatoms. The van der Waals surface area contributed by atoms with Crippen LogP contribution in [0.25, 0.3) is 0 Å². The average molecular weight is 455 g/mol. The Labute approximate surface area is 166 Å². The van der Waals surface area contributed by atoms with Gasteiger partial charge in [0, 0.05) is 24.7 Å². The zero-order valence-corrected chi connectivity index (χ0v) is 17.3. The van der Waals surface area contributed by atoms with Gasteiger partial charge in [0.1, 0.15) is 25.0 Å². The second kappa shape index (κ2) is 8.48. The van der Waals surface area contributed by atoms with Crippen LogP contribution in [0.5, 0.6) is 0 Å². The monoisotopic (exact) mass is 454 g/mol. The summed E-state index contributed by atoms with van der Waals surface area (Å²) < 4.78 is 66.0. The van der Waals surface area contributed by atoms with E-state index in [1.807, 2.05) is 0 Å². The van der Waals surface area contributed by atoms with Crippen molar-refractivity contribution in [2.45, 2.75) is 5.16 Å². The van der Waals surface area contributed by atoms with Crippen LogP contribution < -0.4 is 4.72 Å². The number of rotatable bonds is 8. The number of hydrogen-bond donors (Lipinski definition) is 1. The quantitative estimate of drug-likeness (QED) is 0.439. The van der Waals surface area contributed by atoms with Crippen molar-refractivity contribution in [2.75, 3.05) is 27.7 Å². The second-order valence-corrected chi connectivity index (χ2v) is 9.46. The van der Waals surface area contributed by atoms with E-state index in [1.165, 1.54) is 33.3 Å². The lowest BCUT2D eigenvalue weighted by Crippen LogP contribution is -2.32. The van der Waals surface area contributed by atoms with E-state index < -0.39 is 37.8 Å². The summed E-state index contributed by atoms with van der Waals surface area (Å²) in [6.07, 6.45) is 0.743. The highest BCUT2D eigenvalue weighted by Gasteiger charge is 2.25. The van der Waals surface area contributed by atoms with Crippen molar-refractivity contribution in [1.82, 2.24) is 23.2 Å². The number of nitrogens with one attached hydrogen (secondary N) is 1. The number of sulfonamides is 1. The zero-order chi connectivity index (χ0) is 21.1. The Morgan fingerprint density at radius 3 is 2.61 bits per heavy atom. The van der Waals surface area contributed by atoms with Gasteiger partial charge in [-0.3, -0.25) is 0 Å². The molecular weight excluding hydrogens is 439 g/mol. The lowest BCUT2D eigenvalue weighted by Gasteiger charge is -2.10. The number of oxime groups is 1. The molecule has 0 saturated heterocycles. The molecular formula is C13H16ClFN6O5S2. The third-order valence-electron chi connectivity index (χ3n) is 3.26. The normalized spacial score (nSPS) is 13.1. The number of halogens is 2. The fraction of sp³-hybridized carbons (Fsp3) is 0.308. The summed E-state index contributed by atoms with van der Waals surface area (Å²) in [5.41, 5.74) is -0.122. The van der Waals surface area contributed by atoms with Gasteiger partial charge in [-0.15, -0.1) is 9.19 Å². The van der Waals surface area contributed by atoms with E-state index in [4.69, 9.17) is 11.6 Å². The molecule has 0 saturated carbocycles. The van der Waals surface area contributed by atoms with Crippen LogP contribution in [-0.4, -0.2) is 68.8 Å². The highest BCUT2D eigenvalue weighted by molar-refractivity contribution is 7.89. The van der Waals surface area contributed by atoms with Gasteiger partial charge in [0.15, 0.2) is 0 Å². The van der Waals surface area contributed by atoms with Gasteiger partial charge >= 0.3 is 10.2 Å². The largest absolute Gasteiger partial charge is 0.399 e. The lowest BCUT2D eigenvalue weighted by atomic mass is 10.1. The molecule has 11 nitrogen and oxygen atoms in total. The third-order valence-corrected chi connectivity index (χ3v) is 6.26. The van der Waals surface area contributed by atoms with Crippen molar-refractivity contribution >= 4 is 37.5 Å². The van der Waals surface area contributed by atoms with Gasteiger partial charge in [-0.05, 0) is 18.2 Å². The first kappa shape index (κ1) is 22.2. The van der Waals surface area contributed by atoms with Gasteiger partial charge < -0.3 is 4.84 Å². The zero-order valence-electron chi connectivity index (χ0n) is 14.9. The number of benzene rings is 1. The minimum Gasteiger partial charge on any atom is -0.399 e. The van der Waals surface area contributed by atoms with E-state index in [0.717, 1.165) is 16.7 Å². The van der Waals surface area contributed by atoms with Gasteiger partial charge in [-0.25, -0.2) is 22.5 Å². The van der Waals surface area contributed by atoms with E-state index in [1.54, 1.807) is 0 Å². The van der Waals surface area contributed by atoms with Gasteiger partial charge in [0.25, 0.3) is 15.2 Å². The first-order valence-corrected chi connectivity index (χ1v) is 10.6. The molecule has 1 aromatic carbocycles. The van der Waals surface area contributed by atoms with Crippen molar-refractivity contribution in [3.05, 3.63) is 40.9 Å². The van der Waals surface area contributed by atoms with Crippen LogP contribution >= 0.6 is 11.6 Å². The maximum atomic E-state index is 14.1. The molecule has 2 aromatic rings. The van der Waals surface area contributed by atoms with Crippen LogP contribution in [-0.2, 0) is 25.1 Å². The van der Waals surface area contributed by atoms with Crippen LogP contribution in [0.1, 0.15) is 5.56 Å². The van der Waals surface area contributed by atoms with E-state index in [9.17, 15) is 21.2 Å². The number of nitrogens with zero attached hydrogens (tertiary/aromatic N) is 5. The van der Waals surface area contributed by atoms with Gasteiger partial charge in [-0.2, -0.15) is 12.7 Å². The predicted octanol–water partition coefficient (Wildman–Crippen LogP) is 0.0541. The van der Waals surface area contributed by atoms with Crippen molar-refractivity contribution in [2.24, 2.45) is 5.16 Å². The van der Waals surface area contributed by atoms with E-state index >= 15 is 0 Å². The Kier molecular flexibility index (Phi) is 6.71. The summed E-state index contributed by atoms with van der Waals surface area (Å²) in [6, 6.07) is 3.74. The fourth-order valence-electron chi connectivity index (χ4n) is 1.87. The summed E-state index contributed by atoms with van der Waals surface area (Å²) in [7, 11) is -4.66. The smallest absolute Gasteiger partial charge is 0.323 e. The molecule has 0 aliphatic rings. The average Bonchev–Trinajstić information content (AvgIpc) is 3.11. The molecule has 28 heavy (non-hydrogen) atoms. The maximum absolute atomic E-state index is 14.1. The summed E-state index contributed by atoms with van der Waals surface area (Å²) in [6.45, 7) is -0.482. The minimum absolute atomic E-state index is 0.0392. The number of hydrogen-bond acceptors (Lipinski definition) is 8. The van der Waals surface area contributed by atoms with Crippen LogP contribution in [0, 0.1) is 5.82 Å². The topological polar surface area (TPSA) is 136 Å². The lowest BCUT2D eigenvalue weighted by molar-refractivity contribution is 0.213. The van der Waals surface area contributed by atoms with Gasteiger partial charge in [-0.1, -0.05) is 16.8 Å². The van der Waals surface area contributed by atoms with Crippen LogP contribution in [0.2, 0.25) is 5.02 Å². The van der Waals surface area contributed by atoms with E-state index in [0.29, 0.717) is 4.09 Å². The summed E-state index contributed by atoms with van der Waals surface area (Å²) in [4.78, 5) is 8.12. The summed E-state index contributed by atoms with van der Waals surface area (Å²) in [5, 5.41) is 6.43. The molecule has 0 fully saturated rings. The number of aromatic nitrogens is 3. The molecule has 0 spiro atoms. The fourth-order valence-corrected chi connectivity index (χ4v) is 3.60. The molecule has 0 bridgehead atoms. The molecule has 0 aliphatic carbocycles. The van der Waals surface area contributed by atoms with E-state index in [-0.39, 0.29) is 16.3 Å². The minimum atomic E-state index is -4.33. The Bertz CT molecular complexity index is 1100. The van der Waals surface area contributed by atoms with Crippen molar-refractivity contribution in [3.8, 4) is 0 Å². The molecule has 0 aliphatic heterocycles. The third kappa shape index (κ3) is 4.82. The van der Waals surface area contributed by atoms with Crippen LogP contribution in [0.15, 0.2) is 34.8 Å². The Morgan fingerprint density at radius 1 is 1.36 bits per heavy atom. The standard InChI is InChI=1S/C13H16ClFN6O5S2/c1-20(2)28(24,25)21-8-16-13(18-21)27(22,23)17-7-12(19-26-3)10-5-4-9(14)6-11(10)15/h4-6,8,17H,7H2,1-3H3/b19-12+. The highest BCUT2D eigenvalue weighted by Crippen LogP contribution is 2.16. The molecule has 0 radical (unpaired) electrons. The van der Waals surface area contributed by atoms with Gasteiger partial charge in [0.05, 0.1) is 6.54 Å². The molecule has 1 N–H and O–H groups in total. The molecule has 0 atom stereocenters. The Balaban J connectivity index is 2.26. The molecule has 0 unspecified atom stereocenters. The second-order valence-electron chi connectivity index (χ2n) is 5.36. The molecule has 0 amide bonds. The summed E-state index contributed by atoms with van der Waals surface area (Å²) in [5.74, 6) is -0.734. The Morgan fingerprint density at radius 2 is 2.04 bits per heavy atom. The van der Waals surface area contributed by atoms with Crippen LogP contribution in [0.4, 0.5) is 4.39 Å².